The number of pyridine rings is 2. The Morgan fingerprint density at radius 1 is 1.17 bits per heavy atom. The summed E-state index contributed by atoms with van der Waals surface area (Å²) < 4.78 is 5.41. The highest BCUT2D eigenvalue weighted by Gasteiger charge is 2.10. The second-order valence-electron chi connectivity index (χ2n) is 9.25. The first-order valence-corrected chi connectivity index (χ1v) is 12.7. The van der Waals surface area contributed by atoms with Crippen molar-refractivity contribution < 1.29 is 4.74 Å². The molecular weight excluding hydrogens is 452 g/mol. The highest BCUT2D eigenvalue weighted by Crippen LogP contribution is 2.23. The number of nitrogens with zero attached hydrogens (tertiary/aromatic N) is 6. The number of aliphatic imine (C=N–C) groups is 1. The molecule has 3 aromatic heterocycles. The largest absolute Gasteiger partial charge is 0.402 e. The highest BCUT2D eigenvalue weighted by atomic mass is 16.5. The number of nitrogens with two attached hydrogens (primary N) is 1. The maximum atomic E-state index is 6.39. The van der Waals surface area contributed by atoms with Crippen molar-refractivity contribution in [1.82, 2.24) is 25.1 Å². The van der Waals surface area contributed by atoms with Crippen molar-refractivity contribution in [3.8, 4) is 0 Å². The van der Waals surface area contributed by atoms with Gasteiger partial charge in [0.05, 0.1) is 30.4 Å². The zero-order chi connectivity index (χ0) is 25.3. The molecule has 190 valence electrons. The van der Waals surface area contributed by atoms with E-state index in [4.69, 9.17) is 15.5 Å². The summed E-state index contributed by atoms with van der Waals surface area (Å²) in [5.74, 6) is 1.72. The third-order valence-corrected chi connectivity index (χ3v) is 6.26. The van der Waals surface area contributed by atoms with Gasteiger partial charge >= 0.3 is 0 Å². The van der Waals surface area contributed by atoms with E-state index in [1.165, 1.54) is 0 Å². The molecule has 1 saturated heterocycles. The number of nitrogens with one attached hydrogen (secondary N) is 1. The van der Waals surface area contributed by atoms with Crippen LogP contribution < -0.4 is 11.1 Å². The van der Waals surface area contributed by atoms with Gasteiger partial charge in [-0.1, -0.05) is 20.8 Å². The third-order valence-electron chi connectivity index (χ3n) is 6.26. The molecule has 4 heterocycles. The Labute approximate surface area is 212 Å². The van der Waals surface area contributed by atoms with Crippen molar-refractivity contribution in [3.05, 3.63) is 53.5 Å². The summed E-state index contributed by atoms with van der Waals surface area (Å²) in [4.78, 5) is 16.5. The van der Waals surface area contributed by atoms with Gasteiger partial charge in [0.25, 0.3) is 0 Å². The number of hydrogen-bond acceptors (Lipinski definition) is 9. The minimum Gasteiger partial charge on any atom is -0.402 e. The van der Waals surface area contributed by atoms with Gasteiger partial charge in [-0.15, -0.1) is 5.10 Å². The van der Waals surface area contributed by atoms with E-state index < -0.39 is 0 Å². The fourth-order valence-electron chi connectivity index (χ4n) is 4.01. The monoisotopic (exact) mass is 488 g/mol. The molecule has 0 aliphatic carbocycles. The Morgan fingerprint density at radius 3 is 2.78 bits per heavy atom. The molecule has 0 spiro atoms. The van der Waals surface area contributed by atoms with Crippen LogP contribution in [0.4, 0.5) is 11.6 Å². The van der Waals surface area contributed by atoms with Crippen molar-refractivity contribution in [2.75, 3.05) is 44.7 Å². The summed E-state index contributed by atoms with van der Waals surface area (Å²) in [6.07, 6.45) is 7.24. The van der Waals surface area contributed by atoms with Gasteiger partial charge in [0.2, 0.25) is 0 Å². The van der Waals surface area contributed by atoms with E-state index in [2.05, 4.69) is 44.2 Å². The predicted octanol–water partition coefficient (Wildman–Crippen LogP) is 4.16. The molecule has 0 unspecified atom stereocenters. The molecule has 36 heavy (non-hydrogen) atoms. The highest BCUT2D eigenvalue weighted by molar-refractivity contribution is 6.11. The predicted molar refractivity (Wildman–Crippen MR) is 146 cm³/mol. The van der Waals surface area contributed by atoms with Crippen molar-refractivity contribution >= 4 is 34.5 Å². The van der Waals surface area contributed by atoms with E-state index >= 15 is 0 Å². The lowest BCUT2D eigenvalue weighted by atomic mass is 10.0. The number of anilines is 2. The summed E-state index contributed by atoms with van der Waals surface area (Å²) in [7, 11) is 0. The molecule has 0 bridgehead atoms. The zero-order valence-electron chi connectivity index (χ0n) is 21.4. The lowest BCUT2D eigenvalue weighted by Gasteiger charge is -2.26. The number of rotatable bonds is 10. The normalized spacial score (nSPS) is 15.6. The quantitative estimate of drug-likeness (QED) is 0.323. The average molecular weight is 489 g/mol. The smallest absolute Gasteiger partial charge is 0.154 e. The number of ether oxygens (including phenoxy) is 1. The van der Waals surface area contributed by atoms with Gasteiger partial charge in [-0.05, 0) is 48.6 Å². The Bertz CT molecular complexity index is 1220. The van der Waals surface area contributed by atoms with Crippen LogP contribution in [0.25, 0.3) is 16.6 Å². The Hall–Kier alpha value is -3.43. The van der Waals surface area contributed by atoms with Gasteiger partial charge < -0.3 is 15.8 Å². The number of morpholine rings is 1. The van der Waals surface area contributed by atoms with E-state index in [-0.39, 0.29) is 0 Å². The van der Waals surface area contributed by atoms with Crippen LogP contribution in [-0.2, 0) is 4.74 Å². The number of hydrogen-bond donors (Lipinski definition) is 2. The molecule has 3 N–H and O–H groups in total. The van der Waals surface area contributed by atoms with Gasteiger partial charge in [-0.3, -0.25) is 14.9 Å². The first kappa shape index (κ1) is 25.7. The molecule has 9 heteroatoms. The number of fused-ring (bicyclic) bond motifs is 1. The second kappa shape index (κ2) is 12.5. The fraction of sp³-hybridized carbons (Fsp3) is 0.444. The van der Waals surface area contributed by atoms with Crippen LogP contribution in [0, 0.1) is 0 Å². The van der Waals surface area contributed by atoms with Crippen LogP contribution in [0.3, 0.4) is 0 Å². The molecule has 0 radical (unpaired) electrons. The minimum atomic E-state index is 0.368. The molecule has 3 aromatic rings. The molecule has 0 atom stereocenters. The Morgan fingerprint density at radius 2 is 2.00 bits per heavy atom. The lowest BCUT2D eigenvalue weighted by Crippen LogP contribution is -2.37. The maximum absolute atomic E-state index is 6.39. The van der Waals surface area contributed by atoms with Gasteiger partial charge in [0.15, 0.2) is 5.82 Å². The molecule has 0 amide bonds. The van der Waals surface area contributed by atoms with E-state index in [9.17, 15) is 0 Å². The fourth-order valence-corrected chi connectivity index (χ4v) is 4.01. The van der Waals surface area contributed by atoms with Crippen LogP contribution in [0.15, 0.2) is 47.3 Å². The Balaban J connectivity index is 1.49. The molecule has 4 rings (SSSR count). The number of allylic oxidation sites excluding steroid dienone is 2. The van der Waals surface area contributed by atoms with Gasteiger partial charge in [0.1, 0.15) is 5.82 Å². The van der Waals surface area contributed by atoms with E-state index in [1.807, 2.05) is 43.6 Å². The summed E-state index contributed by atoms with van der Waals surface area (Å²) in [5, 5.41) is 11.6. The summed E-state index contributed by atoms with van der Waals surface area (Å²) in [6.45, 7) is 11.7. The molecule has 9 nitrogen and oxygen atoms in total. The molecule has 1 aliphatic heterocycles. The van der Waals surface area contributed by atoms with Crippen molar-refractivity contribution in [2.45, 2.75) is 39.5 Å². The zero-order valence-corrected chi connectivity index (χ0v) is 21.4. The minimum absolute atomic E-state index is 0.368. The molecule has 0 saturated carbocycles. The topological polar surface area (TPSA) is 114 Å². The van der Waals surface area contributed by atoms with Gasteiger partial charge in [-0.2, -0.15) is 5.10 Å². The molecule has 0 aromatic carbocycles. The van der Waals surface area contributed by atoms with Crippen molar-refractivity contribution in [2.24, 2.45) is 10.7 Å². The first-order chi connectivity index (χ1) is 17.5. The van der Waals surface area contributed by atoms with Crippen molar-refractivity contribution in [1.29, 1.82) is 0 Å². The number of aromatic nitrogens is 4. The summed E-state index contributed by atoms with van der Waals surface area (Å²) in [6, 6.07) is 7.85. The van der Waals surface area contributed by atoms with Crippen LogP contribution in [0.2, 0.25) is 0 Å². The first-order valence-electron chi connectivity index (χ1n) is 12.7. The van der Waals surface area contributed by atoms with E-state index in [0.717, 1.165) is 85.7 Å². The van der Waals surface area contributed by atoms with Crippen LogP contribution in [-0.4, -0.2) is 70.7 Å². The van der Waals surface area contributed by atoms with Crippen molar-refractivity contribution in [3.63, 3.8) is 0 Å². The molecule has 1 aliphatic rings. The van der Waals surface area contributed by atoms with Gasteiger partial charge in [0, 0.05) is 55.4 Å². The third kappa shape index (κ3) is 6.83. The second-order valence-corrected chi connectivity index (χ2v) is 9.25. The van der Waals surface area contributed by atoms with Crippen LogP contribution >= 0.6 is 0 Å². The standard InChI is InChI=1S/C27H36N8O/c1-4-23(28)22(18-29-8-5-9-35-10-12-36-13-11-35)21-14-25-24(30-16-21)6-7-26(32-25)33-27-15-20(19(2)3)17-31-34-27/h6-7,14-19H,4-5,8-13,28H2,1-3H3,(H,32,33,34). The SMILES string of the molecule is CCC(N)=C(C=NCCCN1CCOCC1)c1cnc2ccc(Nc3cc(C(C)C)cnn3)nc2c1. The van der Waals surface area contributed by atoms with Gasteiger partial charge in [-0.25, -0.2) is 4.98 Å². The summed E-state index contributed by atoms with van der Waals surface area (Å²) >= 11 is 0. The maximum Gasteiger partial charge on any atom is 0.154 e. The molecule has 1 fully saturated rings. The Kier molecular flexibility index (Phi) is 8.91. The van der Waals surface area contributed by atoms with Crippen LogP contribution in [0.1, 0.15) is 50.7 Å². The average Bonchev–Trinajstić information content (AvgIpc) is 2.90. The molecular formula is C27H36N8O. The van der Waals surface area contributed by atoms with E-state index in [0.29, 0.717) is 17.6 Å². The summed E-state index contributed by atoms with van der Waals surface area (Å²) in [5.41, 5.74) is 11.7. The van der Waals surface area contributed by atoms with Crippen LogP contribution in [0.5, 0.6) is 0 Å². The van der Waals surface area contributed by atoms with E-state index in [1.54, 1.807) is 6.20 Å². The lowest BCUT2D eigenvalue weighted by molar-refractivity contribution is 0.0377.